The zero-order chi connectivity index (χ0) is 12.4. The standard InChI is InChI=1S/C16H20N2/c1-17-15-6-2-4-13(10-15)14-8-7-12-5-3-9-18-16(12)11-14/h3,5,7-9,11,13,15,17H,2,4,6,10H2,1H3. The first-order chi connectivity index (χ1) is 8.86. The largest absolute Gasteiger partial charge is 0.317 e. The molecule has 0 spiro atoms. The van der Waals surface area contributed by atoms with Crippen LogP contribution in [0.4, 0.5) is 0 Å². The summed E-state index contributed by atoms with van der Waals surface area (Å²) >= 11 is 0. The molecule has 1 N–H and O–H groups in total. The lowest BCUT2D eigenvalue weighted by Crippen LogP contribution is -2.30. The molecule has 1 aromatic carbocycles. The van der Waals surface area contributed by atoms with E-state index < -0.39 is 0 Å². The Bertz CT molecular complexity index is 535. The van der Waals surface area contributed by atoms with Crippen molar-refractivity contribution in [3.63, 3.8) is 0 Å². The van der Waals surface area contributed by atoms with E-state index in [1.54, 1.807) is 0 Å². The summed E-state index contributed by atoms with van der Waals surface area (Å²) in [6, 6.07) is 11.6. The summed E-state index contributed by atoms with van der Waals surface area (Å²) in [4.78, 5) is 4.46. The number of nitrogens with one attached hydrogen (secondary N) is 1. The van der Waals surface area contributed by atoms with Crippen LogP contribution in [-0.4, -0.2) is 18.1 Å². The van der Waals surface area contributed by atoms with Gasteiger partial charge in [0.15, 0.2) is 0 Å². The molecular formula is C16H20N2. The van der Waals surface area contributed by atoms with E-state index in [0.717, 1.165) is 5.52 Å². The summed E-state index contributed by atoms with van der Waals surface area (Å²) in [5.41, 5.74) is 2.59. The molecule has 1 fully saturated rings. The van der Waals surface area contributed by atoms with Crippen molar-refractivity contribution >= 4 is 10.9 Å². The van der Waals surface area contributed by atoms with Gasteiger partial charge in [-0.3, -0.25) is 4.98 Å². The molecule has 0 aliphatic heterocycles. The lowest BCUT2D eigenvalue weighted by Gasteiger charge is -2.29. The molecule has 0 saturated heterocycles. The summed E-state index contributed by atoms with van der Waals surface area (Å²) in [6.45, 7) is 0. The van der Waals surface area contributed by atoms with Gasteiger partial charge in [0.05, 0.1) is 5.52 Å². The molecule has 0 radical (unpaired) electrons. The Balaban J connectivity index is 1.89. The minimum atomic E-state index is 0.683. The molecule has 0 bridgehead atoms. The second kappa shape index (κ2) is 5.07. The van der Waals surface area contributed by atoms with Crippen molar-refractivity contribution < 1.29 is 0 Å². The minimum absolute atomic E-state index is 0.683. The summed E-state index contributed by atoms with van der Waals surface area (Å²) < 4.78 is 0. The van der Waals surface area contributed by atoms with Gasteiger partial charge in [0.25, 0.3) is 0 Å². The number of hydrogen-bond donors (Lipinski definition) is 1. The zero-order valence-corrected chi connectivity index (χ0v) is 10.9. The molecule has 2 unspecified atom stereocenters. The highest BCUT2D eigenvalue weighted by Gasteiger charge is 2.22. The van der Waals surface area contributed by atoms with Crippen LogP contribution in [0.25, 0.3) is 10.9 Å². The lowest BCUT2D eigenvalue weighted by atomic mass is 9.81. The molecule has 1 aromatic heterocycles. The van der Waals surface area contributed by atoms with Crippen LogP contribution < -0.4 is 5.32 Å². The zero-order valence-electron chi connectivity index (χ0n) is 10.9. The van der Waals surface area contributed by atoms with Crippen LogP contribution in [0.1, 0.15) is 37.2 Å². The third-order valence-electron chi connectivity index (χ3n) is 4.18. The normalized spacial score (nSPS) is 24.3. The number of nitrogens with zero attached hydrogens (tertiary/aromatic N) is 1. The predicted octanol–water partition coefficient (Wildman–Crippen LogP) is 3.48. The average Bonchev–Trinajstić information content (AvgIpc) is 2.47. The van der Waals surface area contributed by atoms with Crippen molar-refractivity contribution in [2.45, 2.75) is 37.6 Å². The monoisotopic (exact) mass is 240 g/mol. The molecule has 1 heterocycles. The van der Waals surface area contributed by atoms with E-state index in [9.17, 15) is 0 Å². The Kier molecular flexibility index (Phi) is 3.28. The quantitative estimate of drug-likeness (QED) is 0.869. The van der Waals surface area contributed by atoms with Gasteiger partial charge in [-0.1, -0.05) is 24.6 Å². The number of fused-ring (bicyclic) bond motifs is 1. The van der Waals surface area contributed by atoms with Gasteiger partial charge < -0.3 is 5.32 Å². The maximum absolute atomic E-state index is 4.46. The van der Waals surface area contributed by atoms with Gasteiger partial charge in [0.2, 0.25) is 0 Å². The van der Waals surface area contributed by atoms with Crippen molar-refractivity contribution in [2.24, 2.45) is 0 Å². The first-order valence-corrected chi connectivity index (χ1v) is 6.89. The molecule has 2 aromatic rings. The van der Waals surface area contributed by atoms with Crippen molar-refractivity contribution in [3.8, 4) is 0 Å². The molecule has 0 amide bonds. The van der Waals surface area contributed by atoms with Crippen LogP contribution in [0.3, 0.4) is 0 Å². The van der Waals surface area contributed by atoms with Gasteiger partial charge in [-0.25, -0.2) is 0 Å². The lowest BCUT2D eigenvalue weighted by molar-refractivity contribution is 0.355. The van der Waals surface area contributed by atoms with Crippen LogP contribution in [0.15, 0.2) is 36.5 Å². The summed E-state index contributed by atoms with van der Waals surface area (Å²) in [7, 11) is 2.08. The Hall–Kier alpha value is -1.41. The number of benzene rings is 1. The Labute approximate surface area is 108 Å². The first kappa shape index (κ1) is 11.7. The maximum Gasteiger partial charge on any atom is 0.0704 e. The van der Waals surface area contributed by atoms with E-state index in [1.165, 1.54) is 36.6 Å². The molecule has 2 nitrogen and oxygen atoms in total. The van der Waals surface area contributed by atoms with E-state index in [2.05, 4.69) is 41.6 Å². The smallest absolute Gasteiger partial charge is 0.0704 e. The highest BCUT2D eigenvalue weighted by molar-refractivity contribution is 5.79. The third kappa shape index (κ3) is 2.25. The van der Waals surface area contributed by atoms with Crippen LogP contribution in [0.5, 0.6) is 0 Å². The van der Waals surface area contributed by atoms with E-state index in [0.29, 0.717) is 12.0 Å². The molecule has 18 heavy (non-hydrogen) atoms. The number of aromatic nitrogens is 1. The second-order valence-electron chi connectivity index (χ2n) is 5.30. The molecule has 3 rings (SSSR count). The third-order valence-corrected chi connectivity index (χ3v) is 4.18. The van der Waals surface area contributed by atoms with Crippen LogP contribution in [0, 0.1) is 0 Å². The van der Waals surface area contributed by atoms with Crippen molar-refractivity contribution in [1.29, 1.82) is 0 Å². The van der Waals surface area contributed by atoms with E-state index >= 15 is 0 Å². The summed E-state index contributed by atoms with van der Waals surface area (Å²) in [5.74, 6) is 0.697. The molecule has 1 aliphatic rings. The second-order valence-corrected chi connectivity index (χ2v) is 5.30. The molecule has 1 aliphatic carbocycles. The van der Waals surface area contributed by atoms with Crippen LogP contribution >= 0.6 is 0 Å². The Morgan fingerprint density at radius 1 is 1.22 bits per heavy atom. The van der Waals surface area contributed by atoms with E-state index in [-0.39, 0.29) is 0 Å². The Morgan fingerprint density at radius 2 is 2.17 bits per heavy atom. The molecule has 1 saturated carbocycles. The number of rotatable bonds is 2. The van der Waals surface area contributed by atoms with Gasteiger partial charge in [-0.15, -0.1) is 0 Å². The first-order valence-electron chi connectivity index (χ1n) is 6.89. The van der Waals surface area contributed by atoms with Gasteiger partial charge in [-0.2, -0.15) is 0 Å². The fraction of sp³-hybridized carbons (Fsp3) is 0.438. The van der Waals surface area contributed by atoms with Gasteiger partial charge in [-0.05, 0) is 49.9 Å². The maximum atomic E-state index is 4.46. The van der Waals surface area contributed by atoms with Crippen molar-refractivity contribution in [2.75, 3.05) is 7.05 Å². The van der Waals surface area contributed by atoms with Crippen molar-refractivity contribution in [1.82, 2.24) is 10.3 Å². The number of pyridine rings is 1. The SMILES string of the molecule is CNC1CCCC(c2ccc3cccnc3c2)C1. The van der Waals surface area contributed by atoms with Crippen molar-refractivity contribution in [3.05, 3.63) is 42.1 Å². The highest BCUT2D eigenvalue weighted by Crippen LogP contribution is 2.33. The molecule has 2 heteroatoms. The predicted molar refractivity (Wildman–Crippen MR) is 75.8 cm³/mol. The summed E-state index contributed by atoms with van der Waals surface area (Å²) in [5, 5.41) is 4.66. The minimum Gasteiger partial charge on any atom is -0.317 e. The van der Waals surface area contributed by atoms with Crippen LogP contribution in [-0.2, 0) is 0 Å². The van der Waals surface area contributed by atoms with Gasteiger partial charge >= 0.3 is 0 Å². The van der Waals surface area contributed by atoms with Gasteiger partial charge in [0.1, 0.15) is 0 Å². The fourth-order valence-corrected chi connectivity index (χ4v) is 3.09. The fourth-order valence-electron chi connectivity index (χ4n) is 3.09. The van der Waals surface area contributed by atoms with E-state index in [4.69, 9.17) is 0 Å². The summed E-state index contributed by atoms with van der Waals surface area (Å²) in [6.07, 6.45) is 7.10. The molecule has 94 valence electrons. The van der Waals surface area contributed by atoms with E-state index in [1.807, 2.05) is 12.3 Å². The highest BCUT2D eigenvalue weighted by atomic mass is 14.9. The van der Waals surface area contributed by atoms with Crippen LogP contribution in [0.2, 0.25) is 0 Å². The Morgan fingerprint density at radius 3 is 3.06 bits per heavy atom. The topological polar surface area (TPSA) is 24.9 Å². The van der Waals surface area contributed by atoms with Gasteiger partial charge in [0, 0.05) is 17.6 Å². The number of hydrogen-bond acceptors (Lipinski definition) is 2. The molecule has 2 atom stereocenters. The average molecular weight is 240 g/mol. The molecular weight excluding hydrogens is 220 g/mol.